The molecule has 31 heavy (non-hydrogen) atoms. The van der Waals surface area contributed by atoms with Crippen molar-refractivity contribution in [3.63, 3.8) is 0 Å². The number of benzene rings is 3. The van der Waals surface area contributed by atoms with E-state index in [1.165, 1.54) is 12.1 Å². The number of fused-ring (bicyclic) bond motifs is 1. The molecule has 3 heteroatoms. The van der Waals surface area contributed by atoms with Crippen LogP contribution in [0.15, 0.2) is 54.6 Å². The van der Waals surface area contributed by atoms with Gasteiger partial charge in [0.05, 0.1) is 5.56 Å². The fourth-order valence-corrected chi connectivity index (χ4v) is 4.25. The number of aryl methyl sites for hydroxylation is 2. The molecule has 0 saturated carbocycles. The highest BCUT2D eigenvalue weighted by molar-refractivity contribution is 5.48. The second-order valence-electron chi connectivity index (χ2n) is 8.26. The van der Waals surface area contributed by atoms with Gasteiger partial charge in [-0.15, -0.1) is 0 Å². The van der Waals surface area contributed by atoms with Gasteiger partial charge in [0.25, 0.3) is 0 Å². The molecule has 0 aromatic heterocycles. The predicted octanol–water partition coefficient (Wildman–Crippen LogP) is 7.12. The number of rotatable bonds is 4. The second-order valence-corrected chi connectivity index (χ2v) is 8.26. The fraction of sp³-hybridized carbons (Fsp3) is 0.286. The third-order valence-electron chi connectivity index (χ3n) is 6.03. The Morgan fingerprint density at radius 3 is 2.42 bits per heavy atom. The van der Waals surface area contributed by atoms with Crippen molar-refractivity contribution in [2.45, 2.75) is 51.4 Å². The van der Waals surface area contributed by atoms with Gasteiger partial charge in [-0.05, 0) is 103 Å². The molecule has 0 bridgehead atoms. The van der Waals surface area contributed by atoms with E-state index in [1.54, 1.807) is 24.3 Å². The monoisotopic (exact) mass is 418 g/mol. The van der Waals surface area contributed by atoms with Crippen LogP contribution in [-0.2, 0) is 19.3 Å². The van der Waals surface area contributed by atoms with Crippen molar-refractivity contribution in [3.05, 3.63) is 105 Å². The highest BCUT2D eigenvalue weighted by atomic mass is 19.1. The Balaban J connectivity index is 1.53. The van der Waals surface area contributed by atoms with Crippen LogP contribution in [0.3, 0.4) is 0 Å². The summed E-state index contributed by atoms with van der Waals surface area (Å²) in [5, 5.41) is 0. The van der Waals surface area contributed by atoms with Gasteiger partial charge in [-0.25, -0.2) is 13.2 Å². The third-order valence-corrected chi connectivity index (χ3v) is 6.03. The molecule has 1 atom stereocenters. The highest BCUT2D eigenvalue weighted by Gasteiger charge is 2.24. The maximum Gasteiger partial charge on any atom is 0.139 e. The SMILES string of the molecule is CCCCc1ccc(C2CCc3cc(C#Cc4ccc(F)cc4)c(F)cc3C2)c(F)c1. The summed E-state index contributed by atoms with van der Waals surface area (Å²) in [6, 6.07) is 14.8. The number of hydrogen-bond acceptors (Lipinski definition) is 0. The minimum Gasteiger partial charge on any atom is -0.207 e. The molecule has 0 spiro atoms. The smallest absolute Gasteiger partial charge is 0.139 e. The molecule has 0 fully saturated rings. The van der Waals surface area contributed by atoms with Crippen molar-refractivity contribution in [1.29, 1.82) is 0 Å². The van der Waals surface area contributed by atoms with Crippen molar-refractivity contribution in [1.82, 2.24) is 0 Å². The van der Waals surface area contributed by atoms with Crippen LogP contribution in [0.1, 0.15) is 65.5 Å². The van der Waals surface area contributed by atoms with Crippen LogP contribution in [-0.4, -0.2) is 0 Å². The Hall–Kier alpha value is -2.99. The third kappa shape index (κ3) is 5.02. The first-order valence-corrected chi connectivity index (χ1v) is 10.9. The molecule has 3 aromatic rings. The molecular weight excluding hydrogens is 393 g/mol. The molecule has 0 saturated heterocycles. The zero-order valence-corrected chi connectivity index (χ0v) is 17.7. The van der Waals surface area contributed by atoms with Crippen LogP contribution in [0.25, 0.3) is 0 Å². The molecule has 0 amide bonds. The summed E-state index contributed by atoms with van der Waals surface area (Å²) < 4.78 is 42.5. The molecule has 0 heterocycles. The maximum atomic E-state index is 14.8. The number of halogens is 3. The van der Waals surface area contributed by atoms with Gasteiger partial charge >= 0.3 is 0 Å². The van der Waals surface area contributed by atoms with Gasteiger partial charge in [-0.2, -0.15) is 0 Å². The van der Waals surface area contributed by atoms with Crippen LogP contribution in [0.2, 0.25) is 0 Å². The zero-order chi connectivity index (χ0) is 21.8. The molecule has 1 unspecified atom stereocenters. The van der Waals surface area contributed by atoms with E-state index in [2.05, 4.69) is 18.8 Å². The lowest BCUT2D eigenvalue weighted by Gasteiger charge is -2.26. The van der Waals surface area contributed by atoms with Gasteiger partial charge in [-0.3, -0.25) is 0 Å². The lowest BCUT2D eigenvalue weighted by molar-refractivity contribution is 0.528. The van der Waals surface area contributed by atoms with E-state index in [1.807, 2.05) is 18.2 Å². The first-order chi connectivity index (χ1) is 15.0. The molecule has 0 N–H and O–H groups in total. The average Bonchev–Trinajstić information content (AvgIpc) is 2.77. The summed E-state index contributed by atoms with van der Waals surface area (Å²) in [6.45, 7) is 2.13. The summed E-state index contributed by atoms with van der Waals surface area (Å²) in [5.41, 5.74) is 4.74. The molecule has 158 valence electrons. The summed E-state index contributed by atoms with van der Waals surface area (Å²) in [7, 11) is 0. The van der Waals surface area contributed by atoms with E-state index < -0.39 is 0 Å². The van der Waals surface area contributed by atoms with E-state index in [0.29, 0.717) is 17.5 Å². The molecule has 1 aliphatic carbocycles. The molecule has 0 nitrogen and oxygen atoms in total. The van der Waals surface area contributed by atoms with E-state index in [4.69, 9.17) is 0 Å². The van der Waals surface area contributed by atoms with Gasteiger partial charge in [0, 0.05) is 5.56 Å². The van der Waals surface area contributed by atoms with Crippen LogP contribution in [0, 0.1) is 29.3 Å². The summed E-state index contributed by atoms with van der Waals surface area (Å²) >= 11 is 0. The van der Waals surface area contributed by atoms with Crippen LogP contribution in [0.5, 0.6) is 0 Å². The van der Waals surface area contributed by atoms with Crippen molar-refractivity contribution >= 4 is 0 Å². The van der Waals surface area contributed by atoms with Crippen molar-refractivity contribution < 1.29 is 13.2 Å². The van der Waals surface area contributed by atoms with Crippen LogP contribution in [0.4, 0.5) is 13.2 Å². The molecule has 4 rings (SSSR count). The predicted molar refractivity (Wildman–Crippen MR) is 119 cm³/mol. The van der Waals surface area contributed by atoms with Crippen molar-refractivity contribution in [3.8, 4) is 11.8 Å². The highest BCUT2D eigenvalue weighted by Crippen LogP contribution is 2.35. The van der Waals surface area contributed by atoms with Gasteiger partial charge in [0.15, 0.2) is 0 Å². The van der Waals surface area contributed by atoms with Crippen LogP contribution < -0.4 is 0 Å². The normalized spacial score (nSPS) is 15.2. The van der Waals surface area contributed by atoms with E-state index in [9.17, 15) is 13.2 Å². The Kier molecular flexibility index (Phi) is 6.47. The first kappa shape index (κ1) is 21.2. The summed E-state index contributed by atoms with van der Waals surface area (Å²) in [4.78, 5) is 0. The zero-order valence-electron chi connectivity index (χ0n) is 17.7. The minimum absolute atomic E-state index is 0.0586. The van der Waals surface area contributed by atoms with Crippen molar-refractivity contribution in [2.75, 3.05) is 0 Å². The van der Waals surface area contributed by atoms with Crippen molar-refractivity contribution in [2.24, 2.45) is 0 Å². The van der Waals surface area contributed by atoms with E-state index >= 15 is 0 Å². The molecule has 0 radical (unpaired) electrons. The average molecular weight is 419 g/mol. The van der Waals surface area contributed by atoms with Gasteiger partial charge < -0.3 is 0 Å². The van der Waals surface area contributed by atoms with E-state index in [0.717, 1.165) is 54.4 Å². The summed E-state index contributed by atoms with van der Waals surface area (Å²) in [6.07, 6.45) is 5.26. The molecule has 1 aliphatic rings. The van der Waals surface area contributed by atoms with Gasteiger partial charge in [-0.1, -0.05) is 37.3 Å². The minimum atomic E-state index is -0.371. The van der Waals surface area contributed by atoms with E-state index in [-0.39, 0.29) is 23.4 Å². The summed E-state index contributed by atoms with van der Waals surface area (Å²) in [5.74, 6) is 4.97. The first-order valence-electron chi connectivity index (χ1n) is 10.9. The maximum absolute atomic E-state index is 14.8. The number of unbranched alkanes of at least 4 members (excludes halogenated alkanes) is 1. The Labute approximate surface area is 182 Å². The Bertz CT molecular complexity index is 1130. The molecule has 3 aromatic carbocycles. The van der Waals surface area contributed by atoms with Gasteiger partial charge in [0.1, 0.15) is 17.5 Å². The second kappa shape index (κ2) is 9.43. The standard InChI is InChI=1S/C28H25F3/c1-2-3-4-20-8-14-26(28(31)15-20)22-11-10-21-16-23(27(30)18-24(21)17-22)9-5-19-6-12-25(29)13-7-19/h6-8,12-16,18,22H,2-4,10-11,17H2,1H3. The lowest BCUT2D eigenvalue weighted by atomic mass is 9.79. The quantitative estimate of drug-likeness (QED) is 0.396. The van der Waals surface area contributed by atoms with Crippen LogP contribution >= 0.6 is 0 Å². The topological polar surface area (TPSA) is 0 Å². The Morgan fingerprint density at radius 2 is 1.68 bits per heavy atom. The molecular formula is C28H25F3. The lowest BCUT2D eigenvalue weighted by Crippen LogP contribution is -2.15. The molecule has 0 aliphatic heterocycles. The number of hydrogen-bond donors (Lipinski definition) is 0. The largest absolute Gasteiger partial charge is 0.207 e. The fourth-order valence-electron chi connectivity index (χ4n) is 4.25. The van der Waals surface area contributed by atoms with Gasteiger partial charge in [0.2, 0.25) is 0 Å². The Morgan fingerprint density at radius 1 is 0.871 bits per heavy atom.